The van der Waals surface area contributed by atoms with E-state index in [9.17, 15) is 4.79 Å². The van der Waals surface area contributed by atoms with Crippen molar-refractivity contribution in [1.82, 2.24) is 5.32 Å². The van der Waals surface area contributed by atoms with E-state index in [0.29, 0.717) is 11.8 Å². The van der Waals surface area contributed by atoms with Crippen molar-refractivity contribution in [1.29, 1.82) is 0 Å². The van der Waals surface area contributed by atoms with Crippen LogP contribution in [0, 0.1) is 5.92 Å². The van der Waals surface area contributed by atoms with E-state index >= 15 is 0 Å². The Labute approximate surface area is 120 Å². The normalized spacial score (nSPS) is 24.5. The molecule has 0 saturated heterocycles. The van der Waals surface area contributed by atoms with Crippen LogP contribution in [0.4, 0.5) is 0 Å². The van der Waals surface area contributed by atoms with Crippen LogP contribution in [-0.2, 0) is 0 Å². The fourth-order valence-electron chi connectivity index (χ4n) is 3.16. The van der Waals surface area contributed by atoms with Gasteiger partial charge in [-0.1, -0.05) is 19.8 Å². The molecule has 1 atom stereocenters. The molecule has 2 rings (SSSR count). The zero-order chi connectivity index (χ0) is 14.5. The highest BCUT2D eigenvalue weighted by atomic mass is 16.4. The van der Waals surface area contributed by atoms with Crippen molar-refractivity contribution in [2.75, 3.05) is 0 Å². The summed E-state index contributed by atoms with van der Waals surface area (Å²) < 4.78 is 5.35. The van der Waals surface area contributed by atoms with Gasteiger partial charge >= 0.3 is 5.97 Å². The van der Waals surface area contributed by atoms with Crippen LogP contribution in [-0.4, -0.2) is 17.1 Å². The summed E-state index contributed by atoms with van der Waals surface area (Å²) in [6, 6.07) is 3.87. The minimum absolute atomic E-state index is 0.0142. The molecule has 0 aliphatic heterocycles. The van der Waals surface area contributed by atoms with Gasteiger partial charge in [-0.3, -0.25) is 0 Å². The fourth-order valence-corrected chi connectivity index (χ4v) is 3.16. The van der Waals surface area contributed by atoms with Crippen molar-refractivity contribution in [2.24, 2.45) is 5.92 Å². The van der Waals surface area contributed by atoms with E-state index in [4.69, 9.17) is 9.52 Å². The van der Waals surface area contributed by atoms with E-state index in [0.717, 1.165) is 5.92 Å². The second kappa shape index (κ2) is 6.93. The topological polar surface area (TPSA) is 62.5 Å². The highest BCUT2D eigenvalue weighted by molar-refractivity contribution is 5.84. The van der Waals surface area contributed by atoms with E-state index in [-0.39, 0.29) is 11.8 Å². The van der Waals surface area contributed by atoms with Crippen molar-refractivity contribution in [3.8, 4) is 0 Å². The molecule has 0 radical (unpaired) electrons. The third-order valence-electron chi connectivity index (χ3n) is 4.29. The van der Waals surface area contributed by atoms with Gasteiger partial charge in [0.25, 0.3) is 0 Å². The van der Waals surface area contributed by atoms with Gasteiger partial charge in [-0.05, 0) is 50.7 Å². The Hall–Kier alpha value is -1.29. The summed E-state index contributed by atoms with van der Waals surface area (Å²) in [5, 5.41) is 12.4. The third kappa shape index (κ3) is 3.85. The van der Waals surface area contributed by atoms with Crippen molar-refractivity contribution >= 4 is 5.97 Å². The summed E-state index contributed by atoms with van der Waals surface area (Å²) in [5.41, 5.74) is 0. The molecule has 1 aliphatic rings. The number of nitrogens with one attached hydrogen (secondary N) is 1. The quantitative estimate of drug-likeness (QED) is 0.826. The Balaban J connectivity index is 1.82. The maximum atomic E-state index is 10.8. The first-order chi connectivity index (χ1) is 9.60. The van der Waals surface area contributed by atoms with Crippen LogP contribution in [0.3, 0.4) is 0 Å². The molecule has 1 unspecified atom stereocenters. The van der Waals surface area contributed by atoms with E-state index in [2.05, 4.69) is 12.2 Å². The first kappa shape index (κ1) is 15.1. The molecule has 1 fully saturated rings. The standard InChI is InChI=1S/C16H25NO3/c1-3-4-12-5-7-13(8-6-12)17-11(2)14-9-10-15(20-14)16(18)19/h9-13,17H,3-8H2,1-2H3,(H,18,19). The average Bonchev–Trinajstić information content (AvgIpc) is 2.91. The van der Waals surface area contributed by atoms with Gasteiger partial charge in [0.2, 0.25) is 5.76 Å². The number of carboxylic acids is 1. The summed E-state index contributed by atoms with van der Waals surface area (Å²) in [5.74, 6) is 0.609. The number of carbonyl (C=O) groups is 1. The molecule has 4 heteroatoms. The molecule has 1 aromatic heterocycles. The highest BCUT2D eigenvalue weighted by Gasteiger charge is 2.23. The van der Waals surface area contributed by atoms with Gasteiger partial charge in [-0.15, -0.1) is 0 Å². The molecule has 1 aliphatic carbocycles. The number of hydrogen-bond donors (Lipinski definition) is 2. The largest absolute Gasteiger partial charge is 0.475 e. The number of aromatic carboxylic acids is 1. The molecule has 0 spiro atoms. The van der Waals surface area contributed by atoms with Crippen LogP contribution in [0.15, 0.2) is 16.5 Å². The Morgan fingerprint density at radius 2 is 2.10 bits per heavy atom. The maximum absolute atomic E-state index is 10.8. The Morgan fingerprint density at radius 3 is 2.65 bits per heavy atom. The summed E-state index contributed by atoms with van der Waals surface area (Å²) >= 11 is 0. The molecule has 0 aromatic carbocycles. The van der Waals surface area contributed by atoms with Crippen molar-refractivity contribution in [2.45, 2.75) is 64.5 Å². The van der Waals surface area contributed by atoms with Gasteiger partial charge in [0.05, 0.1) is 6.04 Å². The SMILES string of the molecule is CCCC1CCC(NC(C)c2ccc(C(=O)O)o2)CC1. The molecule has 2 N–H and O–H groups in total. The lowest BCUT2D eigenvalue weighted by molar-refractivity contribution is 0.0659. The number of carboxylic acid groups (broad SMARTS) is 1. The van der Waals surface area contributed by atoms with E-state index in [1.54, 1.807) is 6.07 Å². The maximum Gasteiger partial charge on any atom is 0.371 e. The van der Waals surface area contributed by atoms with Gasteiger partial charge in [-0.25, -0.2) is 4.79 Å². The van der Waals surface area contributed by atoms with Gasteiger partial charge in [0.1, 0.15) is 5.76 Å². The van der Waals surface area contributed by atoms with Gasteiger partial charge in [0.15, 0.2) is 0 Å². The van der Waals surface area contributed by atoms with Crippen LogP contribution in [0.1, 0.15) is 74.7 Å². The molecule has 0 bridgehead atoms. The fraction of sp³-hybridized carbons (Fsp3) is 0.688. The third-order valence-corrected chi connectivity index (χ3v) is 4.29. The van der Waals surface area contributed by atoms with Crippen molar-refractivity contribution < 1.29 is 14.3 Å². The number of hydrogen-bond acceptors (Lipinski definition) is 3. The molecule has 1 heterocycles. The lowest BCUT2D eigenvalue weighted by Crippen LogP contribution is -2.34. The van der Waals surface area contributed by atoms with Crippen LogP contribution >= 0.6 is 0 Å². The molecule has 1 saturated carbocycles. The monoisotopic (exact) mass is 279 g/mol. The molecular formula is C16H25NO3. The number of furan rings is 1. The summed E-state index contributed by atoms with van der Waals surface area (Å²) in [6.07, 6.45) is 7.66. The highest BCUT2D eigenvalue weighted by Crippen LogP contribution is 2.29. The Morgan fingerprint density at radius 1 is 1.40 bits per heavy atom. The van der Waals surface area contributed by atoms with Gasteiger partial charge in [-0.2, -0.15) is 0 Å². The average molecular weight is 279 g/mol. The van der Waals surface area contributed by atoms with Crippen LogP contribution in [0.2, 0.25) is 0 Å². The van der Waals surface area contributed by atoms with Gasteiger partial charge in [0, 0.05) is 6.04 Å². The lowest BCUT2D eigenvalue weighted by atomic mass is 9.83. The molecular weight excluding hydrogens is 254 g/mol. The van der Waals surface area contributed by atoms with Crippen LogP contribution in [0.25, 0.3) is 0 Å². The minimum atomic E-state index is -1.01. The summed E-state index contributed by atoms with van der Waals surface area (Å²) in [7, 11) is 0. The molecule has 20 heavy (non-hydrogen) atoms. The molecule has 112 valence electrons. The molecule has 4 nitrogen and oxygen atoms in total. The summed E-state index contributed by atoms with van der Waals surface area (Å²) in [6.45, 7) is 4.28. The Kier molecular flexibility index (Phi) is 5.24. The first-order valence-electron chi connectivity index (χ1n) is 7.69. The van der Waals surface area contributed by atoms with E-state index in [1.165, 1.54) is 44.6 Å². The summed E-state index contributed by atoms with van der Waals surface area (Å²) in [4.78, 5) is 10.8. The molecule has 1 aromatic rings. The predicted octanol–water partition coefficient (Wildman–Crippen LogP) is 3.99. The number of rotatable bonds is 6. The predicted molar refractivity (Wildman–Crippen MR) is 77.9 cm³/mol. The second-order valence-corrected chi connectivity index (χ2v) is 5.90. The smallest absolute Gasteiger partial charge is 0.371 e. The van der Waals surface area contributed by atoms with E-state index < -0.39 is 5.97 Å². The van der Waals surface area contributed by atoms with Crippen LogP contribution in [0.5, 0.6) is 0 Å². The van der Waals surface area contributed by atoms with Gasteiger partial charge < -0.3 is 14.8 Å². The van der Waals surface area contributed by atoms with E-state index in [1.807, 2.05) is 6.92 Å². The Bertz CT molecular complexity index is 433. The zero-order valence-electron chi connectivity index (χ0n) is 12.4. The van der Waals surface area contributed by atoms with Crippen molar-refractivity contribution in [3.63, 3.8) is 0 Å². The lowest BCUT2D eigenvalue weighted by Gasteiger charge is -2.30. The first-order valence-corrected chi connectivity index (χ1v) is 7.69. The van der Waals surface area contributed by atoms with Crippen molar-refractivity contribution in [3.05, 3.63) is 23.7 Å². The van der Waals surface area contributed by atoms with Crippen LogP contribution < -0.4 is 5.32 Å². The second-order valence-electron chi connectivity index (χ2n) is 5.90. The molecule has 0 amide bonds. The zero-order valence-corrected chi connectivity index (χ0v) is 12.4. The minimum Gasteiger partial charge on any atom is -0.475 e.